The van der Waals surface area contributed by atoms with E-state index in [2.05, 4.69) is 43.5 Å². The van der Waals surface area contributed by atoms with Crippen LogP contribution in [0.15, 0.2) is 24.3 Å². The van der Waals surface area contributed by atoms with E-state index in [1.54, 1.807) is 0 Å². The Labute approximate surface area is 331 Å². The normalized spacial score (nSPS) is 13.7. The van der Waals surface area contributed by atoms with Crippen LogP contribution in [0.5, 0.6) is 0 Å². The molecule has 5 heteroatoms. The van der Waals surface area contributed by atoms with Crippen LogP contribution in [0.25, 0.3) is 0 Å². The molecular formula is C48H93NO4. The maximum atomic E-state index is 12.5. The Morgan fingerprint density at radius 3 is 1.23 bits per heavy atom. The van der Waals surface area contributed by atoms with Gasteiger partial charge in [0, 0.05) is 0 Å². The fraction of sp³-hybridized carbons (Fsp3) is 0.896. The number of carbonyl (C=O) groups excluding carboxylic acids is 1. The van der Waals surface area contributed by atoms with Crippen LogP contribution >= 0.6 is 0 Å². The number of allylic oxidation sites excluding steroid dienone is 4. The fourth-order valence-corrected chi connectivity index (χ4v) is 7.41. The predicted octanol–water partition coefficient (Wildman–Crippen LogP) is 13.8. The quantitative estimate of drug-likeness (QED) is 0.0369. The molecule has 5 nitrogen and oxygen atoms in total. The number of carbonyl (C=O) groups is 1. The molecule has 0 aromatic carbocycles. The van der Waals surface area contributed by atoms with E-state index in [1.165, 1.54) is 180 Å². The van der Waals surface area contributed by atoms with Crippen molar-refractivity contribution in [2.24, 2.45) is 0 Å². The van der Waals surface area contributed by atoms with Crippen molar-refractivity contribution in [2.75, 3.05) is 6.61 Å². The van der Waals surface area contributed by atoms with Crippen LogP contribution in [0.4, 0.5) is 0 Å². The molecule has 0 aliphatic heterocycles. The van der Waals surface area contributed by atoms with Crippen molar-refractivity contribution >= 4 is 5.91 Å². The molecular weight excluding hydrogens is 655 g/mol. The second kappa shape index (κ2) is 43.6. The van der Waals surface area contributed by atoms with Crippen molar-refractivity contribution in [3.8, 4) is 0 Å². The first-order chi connectivity index (χ1) is 26.1. The first kappa shape index (κ1) is 51.8. The summed E-state index contributed by atoms with van der Waals surface area (Å²) in [6.45, 7) is 4.15. The van der Waals surface area contributed by atoms with Gasteiger partial charge in [0.25, 0.3) is 0 Å². The topological polar surface area (TPSA) is 89.8 Å². The summed E-state index contributed by atoms with van der Waals surface area (Å²) in [6, 6.07) is -0.710. The molecule has 0 bridgehead atoms. The Bertz CT molecular complexity index is 784. The summed E-state index contributed by atoms with van der Waals surface area (Å²) in [5.41, 5.74) is 0. The van der Waals surface area contributed by atoms with Crippen molar-refractivity contribution in [1.29, 1.82) is 0 Å². The molecule has 0 fully saturated rings. The third-order valence-corrected chi connectivity index (χ3v) is 11.1. The smallest absolute Gasteiger partial charge is 0.249 e. The third kappa shape index (κ3) is 38.9. The number of amides is 1. The minimum Gasteiger partial charge on any atom is -0.394 e. The van der Waals surface area contributed by atoms with Crippen LogP contribution in [-0.2, 0) is 4.79 Å². The highest BCUT2D eigenvalue weighted by atomic mass is 16.3. The van der Waals surface area contributed by atoms with Crippen molar-refractivity contribution in [3.63, 3.8) is 0 Å². The number of unbranched alkanes of at least 4 members (excludes halogenated alkanes) is 31. The van der Waals surface area contributed by atoms with Crippen LogP contribution in [0.3, 0.4) is 0 Å². The molecule has 1 amide bonds. The van der Waals surface area contributed by atoms with Gasteiger partial charge in [-0.05, 0) is 38.5 Å². The summed E-state index contributed by atoms with van der Waals surface area (Å²) in [5, 5.41) is 33.4. The number of hydrogen-bond acceptors (Lipinski definition) is 4. The summed E-state index contributed by atoms with van der Waals surface area (Å²) in [4.78, 5) is 12.5. The van der Waals surface area contributed by atoms with Gasteiger partial charge in [0.15, 0.2) is 0 Å². The standard InChI is InChI=1S/C48H93NO4/c1-3-5-7-9-11-13-15-17-19-21-23-25-27-29-31-33-35-37-39-41-43-47(52)48(53)49-45(44-50)46(51)42-40-38-36-34-32-30-28-26-24-22-20-18-16-14-12-10-8-6-4-2/h5,7,11,13,45-47,50-52H,3-4,6,8-10,12,14-44H2,1-2H3,(H,49,53)/b7-5-,13-11-. The molecule has 314 valence electrons. The highest BCUT2D eigenvalue weighted by Gasteiger charge is 2.23. The van der Waals surface area contributed by atoms with Gasteiger partial charge in [-0.25, -0.2) is 0 Å². The number of aliphatic hydroxyl groups excluding tert-OH is 3. The molecule has 0 aromatic rings. The SMILES string of the molecule is CC/C=C\C/C=C\CCCCCCCCCCCCCCCC(O)C(=O)NC(CO)C(O)CCCCCCCCCCCCCCCCCCCCC. The highest BCUT2D eigenvalue weighted by molar-refractivity contribution is 5.80. The number of hydrogen-bond donors (Lipinski definition) is 4. The highest BCUT2D eigenvalue weighted by Crippen LogP contribution is 2.17. The summed E-state index contributed by atoms with van der Waals surface area (Å²) < 4.78 is 0. The van der Waals surface area contributed by atoms with Gasteiger partial charge in [-0.1, -0.05) is 237 Å². The Hall–Kier alpha value is -1.17. The Morgan fingerprint density at radius 2 is 0.830 bits per heavy atom. The van der Waals surface area contributed by atoms with E-state index >= 15 is 0 Å². The van der Waals surface area contributed by atoms with Gasteiger partial charge in [0.1, 0.15) is 6.10 Å². The molecule has 0 aliphatic rings. The lowest BCUT2D eigenvalue weighted by atomic mass is 10.0. The molecule has 0 saturated heterocycles. The minimum absolute atomic E-state index is 0.311. The average molecular weight is 748 g/mol. The van der Waals surface area contributed by atoms with Gasteiger partial charge in [-0.15, -0.1) is 0 Å². The monoisotopic (exact) mass is 748 g/mol. The first-order valence-corrected chi connectivity index (χ1v) is 23.6. The van der Waals surface area contributed by atoms with Gasteiger partial charge < -0.3 is 20.6 Å². The van der Waals surface area contributed by atoms with E-state index < -0.39 is 24.2 Å². The van der Waals surface area contributed by atoms with Crippen LogP contribution in [0, 0.1) is 0 Å². The number of aliphatic hydroxyl groups is 3. The molecule has 0 saturated carbocycles. The predicted molar refractivity (Wildman–Crippen MR) is 231 cm³/mol. The zero-order valence-electron chi connectivity index (χ0n) is 35.7. The largest absolute Gasteiger partial charge is 0.394 e. The second-order valence-corrected chi connectivity index (χ2v) is 16.3. The lowest BCUT2D eigenvalue weighted by molar-refractivity contribution is -0.131. The van der Waals surface area contributed by atoms with Gasteiger partial charge in [-0.3, -0.25) is 4.79 Å². The van der Waals surface area contributed by atoms with Gasteiger partial charge in [-0.2, -0.15) is 0 Å². The van der Waals surface area contributed by atoms with Gasteiger partial charge in [0.05, 0.1) is 18.8 Å². The average Bonchev–Trinajstić information content (AvgIpc) is 3.16. The van der Waals surface area contributed by atoms with Crippen molar-refractivity contribution in [2.45, 2.75) is 270 Å². The molecule has 0 aromatic heterocycles. The van der Waals surface area contributed by atoms with Crippen LogP contribution in [0.1, 0.15) is 251 Å². The summed E-state index contributed by atoms with van der Waals surface area (Å²) >= 11 is 0. The molecule has 53 heavy (non-hydrogen) atoms. The molecule has 0 aliphatic carbocycles. The maximum absolute atomic E-state index is 12.5. The van der Waals surface area contributed by atoms with Crippen molar-refractivity contribution in [1.82, 2.24) is 5.32 Å². The van der Waals surface area contributed by atoms with E-state index in [-0.39, 0.29) is 6.61 Å². The molecule has 0 heterocycles. The van der Waals surface area contributed by atoms with Crippen LogP contribution in [-0.4, -0.2) is 46.1 Å². The van der Waals surface area contributed by atoms with Gasteiger partial charge >= 0.3 is 0 Å². The zero-order chi connectivity index (χ0) is 38.7. The molecule has 0 radical (unpaired) electrons. The Balaban J connectivity index is 3.57. The van der Waals surface area contributed by atoms with Crippen molar-refractivity contribution in [3.05, 3.63) is 24.3 Å². The summed E-state index contributed by atoms with van der Waals surface area (Å²) in [5.74, 6) is -0.469. The molecule has 0 rings (SSSR count). The van der Waals surface area contributed by atoms with Crippen molar-refractivity contribution < 1.29 is 20.1 Å². The van der Waals surface area contributed by atoms with E-state index in [9.17, 15) is 20.1 Å². The van der Waals surface area contributed by atoms with E-state index in [1.807, 2.05) is 0 Å². The van der Waals surface area contributed by atoms with Gasteiger partial charge in [0.2, 0.25) is 5.91 Å². The molecule has 0 spiro atoms. The summed E-state index contributed by atoms with van der Waals surface area (Å²) in [7, 11) is 0. The fourth-order valence-electron chi connectivity index (χ4n) is 7.41. The van der Waals surface area contributed by atoms with Crippen LogP contribution in [0.2, 0.25) is 0 Å². The minimum atomic E-state index is -1.07. The second-order valence-electron chi connectivity index (χ2n) is 16.3. The van der Waals surface area contributed by atoms with Crippen LogP contribution < -0.4 is 5.32 Å². The third-order valence-electron chi connectivity index (χ3n) is 11.1. The molecule has 3 atom stereocenters. The zero-order valence-corrected chi connectivity index (χ0v) is 35.7. The Kier molecular flexibility index (Phi) is 42.6. The van der Waals surface area contributed by atoms with E-state index in [4.69, 9.17) is 0 Å². The lowest BCUT2D eigenvalue weighted by Crippen LogP contribution is -2.49. The Morgan fingerprint density at radius 1 is 0.472 bits per heavy atom. The van der Waals surface area contributed by atoms with E-state index in [0.717, 1.165) is 44.9 Å². The number of rotatable bonds is 43. The summed E-state index contributed by atoms with van der Waals surface area (Å²) in [6.07, 6.45) is 53.3. The molecule has 4 N–H and O–H groups in total. The lowest BCUT2D eigenvalue weighted by Gasteiger charge is -2.23. The molecule has 3 unspecified atom stereocenters. The van der Waals surface area contributed by atoms with E-state index in [0.29, 0.717) is 12.8 Å². The maximum Gasteiger partial charge on any atom is 0.249 e. The first-order valence-electron chi connectivity index (χ1n) is 23.6. The number of nitrogens with one attached hydrogen (secondary N) is 1.